The first-order valence-electron chi connectivity index (χ1n) is 10.1. The Morgan fingerprint density at radius 3 is 2.21 bits per heavy atom. The van der Waals surface area contributed by atoms with Gasteiger partial charge in [0.25, 0.3) is 0 Å². The normalized spacial score (nSPS) is 16.0. The van der Waals surface area contributed by atoms with E-state index in [9.17, 15) is 0 Å². The standard InChI is InChI=1S/C23H33N3O3/c1-25(2)18-9-7-17(8-10-18)21(26-15-6-13-24-14-16-26)19-11-12-20(27-3)23(29-5)22(19)28-4/h7-12,21,24H,6,13-16H2,1-5H3. The molecular formula is C23H33N3O3. The van der Waals surface area contributed by atoms with E-state index in [-0.39, 0.29) is 6.04 Å². The first-order valence-corrected chi connectivity index (χ1v) is 10.1. The summed E-state index contributed by atoms with van der Waals surface area (Å²) in [6, 6.07) is 12.9. The Hall–Kier alpha value is -2.44. The van der Waals surface area contributed by atoms with Crippen LogP contribution in [-0.2, 0) is 0 Å². The van der Waals surface area contributed by atoms with Crippen molar-refractivity contribution in [1.29, 1.82) is 0 Å². The lowest BCUT2D eigenvalue weighted by atomic mass is 9.95. The van der Waals surface area contributed by atoms with Crippen LogP contribution in [0.2, 0.25) is 0 Å². The molecule has 1 saturated heterocycles. The third-order valence-corrected chi connectivity index (χ3v) is 5.49. The number of benzene rings is 2. The second kappa shape index (κ2) is 9.85. The highest BCUT2D eigenvalue weighted by atomic mass is 16.5. The first kappa shape index (κ1) is 21.3. The van der Waals surface area contributed by atoms with Crippen LogP contribution < -0.4 is 24.4 Å². The molecule has 0 spiro atoms. The Balaban J connectivity index is 2.12. The lowest BCUT2D eigenvalue weighted by Crippen LogP contribution is -2.33. The maximum absolute atomic E-state index is 5.84. The Morgan fingerprint density at radius 1 is 0.862 bits per heavy atom. The lowest BCUT2D eigenvalue weighted by molar-refractivity contribution is 0.233. The van der Waals surface area contributed by atoms with Crippen LogP contribution in [0.4, 0.5) is 5.69 Å². The van der Waals surface area contributed by atoms with Crippen molar-refractivity contribution in [2.75, 3.05) is 66.5 Å². The fraction of sp³-hybridized carbons (Fsp3) is 0.478. The average Bonchev–Trinajstić information content (AvgIpc) is 3.03. The van der Waals surface area contributed by atoms with Crippen LogP contribution in [0.1, 0.15) is 23.6 Å². The molecule has 6 heteroatoms. The third kappa shape index (κ3) is 4.60. The van der Waals surface area contributed by atoms with Gasteiger partial charge in [0, 0.05) is 45.0 Å². The molecule has 0 bridgehead atoms. The highest BCUT2D eigenvalue weighted by Crippen LogP contribution is 2.45. The van der Waals surface area contributed by atoms with Gasteiger partial charge in [-0.2, -0.15) is 0 Å². The molecule has 1 fully saturated rings. The summed E-state index contributed by atoms with van der Waals surface area (Å²) in [5, 5.41) is 3.50. The molecule has 158 valence electrons. The summed E-state index contributed by atoms with van der Waals surface area (Å²) in [6.07, 6.45) is 1.11. The van der Waals surface area contributed by atoms with E-state index in [0.717, 1.165) is 43.9 Å². The maximum Gasteiger partial charge on any atom is 0.203 e. The molecule has 0 aliphatic carbocycles. The van der Waals surface area contributed by atoms with Crippen LogP contribution in [0.25, 0.3) is 0 Å². The minimum atomic E-state index is 0.0702. The van der Waals surface area contributed by atoms with Gasteiger partial charge in [-0.25, -0.2) is 0 Å². The molecule has 6 nitrogen and oxygen atoms in total. The summed E-state index contributed by atoms with van der Waals surface area (Å²) >= 11 is 0. The predicted octanol–water partition coefficient (Wildman–Crippen LogP) is 3.16. The molecule has 1 N–H and O–H groups in total. The Labute approximate surface area is 174 Å². The molecule has 0 radical (unpaired) electrons. The van der Waals surface area contributed by atoms with Crippen molar-refractivity contribution in [3.05, 3.63) is 47.5 Å². The Bertz CT molecular complexity index is 785. The van der Waals surface area contributed by atoms with E-state index in [1.807, 2.05) is 6.07 Å². The van der Waals surface area contributed by atoms with Gasteiger partial charge in [0.15, 0.2) is 11.5 Å². The smallest absolute Gasteiger partial charge is 0.203 e. The second-order valence-electron chi connectivity index (χ2n) is 7.45. The first-order chi connectivity index (χ1) is 14.1. The van der Waals surface area contributed by atoms with Crippen LogP contribution in [0.15, 0.2) is 36.4 Å². The van der Waals surface area contributed by atoms with Gasteiger partial charge in [0.05, 0.1) is 27.4 Å². The molecule has 0 aromatic heterocycles. The topological polar surface area (TPSA) is 46.2 Å². The van der Waals surface area contributed by atoms with Crippen molar-refractivity contribution in [3.63, 3.8) is 0 Å². The van der Waals surface area contributed by atoms with Gasteiger partial charge < -0.3 is 24.4 Å². The zero-order valence-electron chi connectivity index (χ0n) is 18.2. The van der Waals surface area contributed by atoms with E-state index in [0.29, 0.717) is 11.5 Å². The quantitative estimate of drug-likeness (QED) is 0.772. The number of anilines is 1. The highest BCUT2D eigenvalue weighted by Gasteiger charge is 2.29. The summed E-state index contributed by atoms with van der Waals surface area (Å²) in [5.74, 6) is 2.04. The number of nitrogens with zero attached hydrogens (tertiary/aromatic N) is 2. The van der Waals surface area contributed by atoms with Crippen molar-refractivity contribution in [1.82, 2.24) is 10.2 Å². The molecule has 2 aromatic rings. The van der Waals surface area contributed by atoms with Gasteiger partial charge in [0.2, 0.25) is 5.75 Å². The maximum atomic E-state index is 5.84. The predicted molar refractivity (Wildman–Crippen MR) is 118 cm³/mol. The number of methoxy groups -OCH3 is 3. The van der Waals surface area contributed by atoms with Crippen LogP contribution in [-0.4, -0.2) is 66.5 Å². The zero-order chi connectivity index (χ0) is 20.8. The fourth-order valence-electron chi connectivity index (χ4n) is 4.01. The summed E-state index contributed by atoms with van der Waals surface area (Å²) in [4.78, 5) is 4.64. The highest BCUT2D eigenvalue weighted by molar-refractivity contribution is 5.58. The van der Waals surface area contributed by atoms with Crippen molar-refractivity contribution in [2.24, 2.45) is 0 Å². The van der Waals surface area contributed by atoms with Crippen molar-refractivity contribution in [2.45, 2.75) is 12.5 Å². The zero-order valence-corrected chi connectivity index (χ0v) is 18.2. The monoisotopic (exact) mass is 399 g/mol. The third-order valence-electron chi connectivity index (χ3n) is 5.49. The molecule has 1 atom stereocenters. The minimum Gasteiger partial charge on any atom is -0.493 e. The number of nitrogens with one attached hydrogen (secondary N) is 1. The molecule has 1 aliphatic heterocycles. The van der Waals surface area contributed by atoms with Gasteiger partial charge in [-0.3, -0.25) is 4.90 Å². The molecule has 0 saturated carbocycles. The van der Waals surface area contributed by atoms with Gasteiger partial charge >= 0.3 is 0 Å². The molecule has 1 aliphatic rings. The number of rotatable bonds is 7. The lowest BCUT2D eigenvalue weighted by Gasteiger charge is -2.33. The molecule has 2 aromatic carbocycles. The van der Waals surface area contributed by atoms with Crippen molar-refractivity contribution >= 4 is 5.69 Å². The Morgan fingerprint density at radius 2 is 1.59 bits per heavy atom. The summed E-state index contributed by atoms with van der Waals surface area (Å²) < 4.78 is 17.0. The molecule has 0 amide bonds. The molecule has 1 heterocycles. The minimum absolute atomic E-state index is 0.0702. The number of ether oxygens (including phenoxy) is 3. The van der Waals surface area contributed by atoms with Crippen LogP contribution in [0, 0.1) is 0 Å². The van der Waals surface area contributed by atoms with E-state index < -0.39 is 0 Å². The number of hydrogen-bond acceptors (Lipinski definition) is 6. The molecular weight excluding hydrogens is 366 g/mol. The van der Waals surface area contributed by atoms with E-state index in [1.54, 1.807) is 21.3 Å². The van der Waals surface area contributed by atoms with E-state index in [4.69, 9.17) is 14.2 Å². The summed E-state index contributed by atoms with van der Waals surface area (Å²) in [7, 11) is 9.11. The second-order valence-corrected chi connectivity index (χ2v) is 7.45. The van der Waals surface area contributed by atoms with Gasteiger partial charge in [-0.1, -0.05) is 12.1 Å². The van der Waals surface area contributed by atoms with Crippen LogP contribution >= 0.6 is 0 Å². The van der Waals surface area contributed by atoms with Gasteiger partial charge in [-0.05, 0) is 42.8 Å². The SMILES string of the molecule is COc1ccc(C(c2ccc(N(C)C)cc2)N2CCCNCC2)c(OC)c1OC. The van der Waals surface area contributed by atoms with Crippen molar-refractivity contribution < 1.29 is 14.2 Å². The fourth-order valence-corrected chi connectivity index (χ4v) is 4.01. The van der Waals surface area contributed by atoms with Gasteiger partial charge in [-0.15, -0.1) is 0 Å². The van der Waals surface area contributed by atoms with E-state index >= 15 is 0 Å². The molecule has 29 heavy (non-hydrogen) atoms. The van der Waals surface area contributed by atoms with Crippen LogP contribution in [0.3, 0.4) is 0 Å². The number of hydrogen-bond donors (Lipinski definition) is 1. The van der Waals surface area contributed by atoms with Crippen LogP contribution in [0.5, 0.6) is 17.2 Å². The summed E-state index contributed by atoms with van der Waals surface area (Å²) in [6.45, 7) is 4.01. The van der Waals surface area contributed by atoms with E-state index in [2.05, 4.69) is 59.5 Å². The molecule has 3 rings (SSSR count). The molecule has 1 unspecified atom stereocenters. The van der Waals surface area contributed by atoms with Gasteiger partial charge in [0.1, 0.15) is 0 Å². The largest absolute Gasteiger partial charge is 0.493 e. The van der Waals surface area contributed by atoms with Crippen molar-refractivity contribution in [3.8, 4) is 17.2 Å². The van der Waals surface area contributed by atoms with E-state index in [1.165, 1.54) is 11.3 Å². The Kier molecular flexibility index (Phi) is 7.23. The summed E-state index contributed by atoms with van der Waals surface area (Å²) in [5.41, 5.74) is 3.51. The average molecular weight is 400 g/mol.